The average Bonchev–Trinajstić information content (AvgIpc) is 2.47. The molecule has 1 aromatic carbocycles. The highest BCUT2D eigenvalue weighted by atomic mass is 32.2. The van der Waals surface area contributed by atoms with Crippen LogP contribution < -0.4 is 0 Å². The van der Waals surface area contributed by atoms with E-state index in [-0.39, 0.29) is 16.6 Å². The van der Waals surface area contributed by atoms with Crippen molar-refractivity contribution in [1.82, 2.24) is 4.31 Å². The van der Waals surface area contributed by atoms with Crippen LogP contribution in [0.4, 0.5) is 5.69 Å². The Morgan fingerprint density at radius 1 is 1.19 bits per heavy atom. The molecule has 0 aliphatic heterocycles. The van der Waals surface area contributed by atoms with Crippen molar-refractivity contribution in [2.75, 3.05) is 7.05 Å². The van der Waals surface area contributed by atoms with Gasteiger partial charge in [0.2, 0.25) is 10.0 Å². The van der Waals surface area contributed by atoms with Crippen molar-refractivity contribution >= 4 is 15.7 Å². The van der Waals surface area contributed by atoms with Crippen LogP contribution in [0.5, 0.6) is 0 Å². The van der Waals surface area contributed by atoms with Crippen LogP contribution >= 0.6 is 0 Å². The number of hydrogen-bond donors (Lipinski definition) is 0. The standard InChI is InChI=1S/C14H20N2O4S/c1-11-7-9-12(10-8-11)15(2)21(19,20)14-6-4-3-5-13(14)16(17)18/h3-6,11-12H,7-10H2,1-2H3. The minimum absolute atomic E-state index is 0.0778. The van der Waals surface area contributed by atoms with Gasteiger partial charge in [-0.3, -0.25) is 10.1 Å². The molecule has 7 heteroatoms. The van der Waals surface area contributed by atoms with E-state index >= 15 is 0 Å². The summed E-state index contributed by atoms with van der Waals surface area (Å²) in [6.07, 6.45) is 3.58. The van der Waals surface area contributed by atoms with Crippen LogP contribution in [0.15, 0.2) is 29.2 Å². The Labute approximate surface area is 125 Å². The van der Waals surface area contributed by atoms with Gasteiger partial charge in [-0.05, 0) is 37.7 Å². The van der Waals surface area contributed by atoms with Gasteiger partial charge in [0.1, 0.15) is 0 Å². The van der Waals surface area contributed by atoms with E-state index in [2.05, 4.69) is 6.92 Å². The summed E-state index contributed by atoms with van der Waals surface area (Å²) in [6, 6.07) is 5.43. The van der Waals surface area contributed by atoms with Crippen LogP contribution in [0.3, 0.4) is 0 Å². The number of nitro benzene ring substituents is 1. The molecule has 0 N–H and O–H groups in total. The van der Waals surface area contributed by atoms with Gasteiger partial charge in [0.05, 0.1) is 4.92 Å². The third-order valence-corrected chi connectivity index (χ3v) is 6.18. The SMILES string of the molecule is CC1CCC(N(C)S(=O)(=O)c2ccccc2[N+](=O)[O-])CC1. The molecule has 1 aliphatic carbocycles. The quantitative estimate of drug-likeness (QED) is 0.632. The number of sulfonamides is 1. The van der Waals surface area contributed by atoms with Gasteiger partial charge in [0.15, 0.2) is 4.90 Å². The summed E-state index contributed by atoms with van der Waals surface area (Å²) in [4.78, 5) is 10.2. The van der Waals surface area contributed by atoms with Gasteiger partial charge >= 0.3 is 0 Å². The van der Waals surface area contributed by atoms with E-state index in [0.717, 1.165) is 25.7 Å². The number of nitrogens with zero attached hydrogens (tertiary/aromatic N) is 2. The second kappa shape index (κ2) is 6.11. The summed E-state index contributed by atoms with van der Waals surface area (Å²) in [5.74, 6) is 0.614. The minimum atomic E-state index is -3.84. The van der Waals surface area contributed by atoms with Crippen LogP contribution in [0.25, 0.3) is 0 Å². The lowest BCUT2D eigenvalue weighted by Gasteiger charge is -2.32. The Morgan fingerprint density at radius 2 is 1.76 bits per heavy atom. The van der Waals surface area contributed by atoms with Gasteiger partial charge < -0.3 is 0 Å². The molecule has 0 spiro atoms. The highest BCUT2D eigenvalue weighted by molar-refractivity contribution is 7.89. The van der Waals surface area contributed by atoms with Gasteiger partial charge in [0.25, 0.3) is 5.69 Å². The van der Waals surface area contributed by atoms with E-state index in [1.165, 1.54) is 35.6 Å². The summed E-state index contributed by atoms with van der Waals surface area (Å²) in [5.41, 5.74) is -0.367. The molecule has 6 nitrogen and oxygen atoms in total. The maximum atomic E-state index is 12.7. The van der Waals surface area contributed by atoms with Crippen molar-refractivity contribution in [3.63, 3.8) is 0 Å². The third kappa shape index (κ3) is 3.24. The summed E-state index contributed by atoms with van der Waals surface area (Å²) in [5, 5.41) is 11.0. The molecule has 0 atom stereocenters. The van der Waals surface area contributed by atoms with Gasteiger partial charge in [-0.25, -0.2) is 8.42 Å². The zero-order valence-electron chi connectivity index (χ0n) is 12.2. The first-order valence-electron chi connectivity index (χ1n) is 7.05. The first-order valence-corrected chi connectivity index (χ1v) is 8.49. The van der Waals surface area contributed by atoms with Crippen LogP contribution in [0.1, 0.15) is 32.6 Å². The van der Waals surface area contributed by atoms with Gasteiger partial charge in [-0.1, -0.05) is 19.1 Å². The molecular weight excluding hydrogens is 292 g/mol. The molecule has 21 heavy (non-hydrogen) atoms. The number of para-hydroxylation sites is 1. The molecular formula is C14H20N2O4S. The summed E-state index contributed by atoms with van der Waals surface area (Å²) in [7, 11) is -2.32. The van der Waals surface area contributed by atoms with E-state index < -0.39 is 14.9 Å². The lowest BCUT2D eigenvalue weighted by Crippen LogP contribution is -2.39. The normalized spacial score (nSPS) is 23.2. The van der Waals surface area contributed by atoms with E-state index in [0.29, 0.717) is 5.92 Å². The monoisotopic (exact) mass is 312 g/mol. The number of nitro groups is 1. The van der Waals surface area contributed by atoms with E-state index in [1.807, 2.05) is 0 Å². The fourth-order valence-electron chi connectivity index (χ4n) is 2.78. The molecule has 116 valence electrons. The zero-order valence-corrected chi connectivity index (χ0v) is 13.0. The first kappa shape index (κ1) is 15.9. The molecule has 0 bridgehead atoms. The molecule has 0 aromatic heterocycles. The topological polar surface area (TPSA) is 80.5 Å². The highest BCUT2D eigenvalue weighted by Crippen LogP contribution is 2.32. The zero-order chi connectivity index (χ0) is 15.6. The Morgan fingerprint density at radius 3 is 2.33 bits per heavy atom. The highest BCUT2D eigenvalue weighted by Gasteiger charge is 2.34. The third-order valence-electron chi connectivity index (χ3n) is 4.22. The maximum Gasteiger partial charge on any atom is 0.289 e. The Hall–Kier alpha value is -1.47. The van der Waals surface area contributed by atoms with E-state index in [1.54, 1.807) is 0 Å². The second-order valence-corrected chi connectivity index (χ2v) is 7.63. The largest absolute Gasteiger partial charge is 0.289 e. The second-order valence-electron chi connectivity index (χ2n) is 5.66. The first-order chi connectivity index (χ1) is 9.84. The Bertz CT molecular complexity index is 622. The number of hydrogen-bond acceptors (Lipinski definition) is 4. The van der Waals surface area contributed by atoms with E-state index in [9.17, 15) is 18.5 Å². The van der Waals surface area contributed by atoms with Crippen molar-refractivity contribution in [3.05, 3.63) is 34.4 Å². The fourth-order valence-corrected chi connectivity index (χ4v) is 4.35. The minimum Gasteiger partial charge on any atom is -0.258 e. The van der Waals surface area contributed by atoms with Crippen molar-refractivity contribution in [2.24, 2.45) is 5.92 Å². The van der Waals surface area contributed by atoms with Crippen LogP contribution in [0.2, 0.25) is 0 Å². The van der Waals surface area contributed by atoms with Crippen molar-refractivity contribution < 1.29 is 13.3 Å². The lowest BCUT2D eigenvalue weighted by atomic mass is 9.87. The smallest absolute Gasteiger partial charge is 0.258 e. The number of benzene rings is 1. The number of rotatable bonds is 4. The van der Waals surface area contributed by atoms with Crippen molar-refractivity contribution in [1.29, 1.82) is 0 Å². The van der Waals surface area contributed by atoms with Gasteiger partial charge in [-0.15, -0.1) is 0 Å². The lowest BCUT2D eigenvalue weighted by molar-refractivity contribution is -0.387. The molecule has 0 unspecified atom stereocenters. The van der Waals surface area contributed by atoms with Gasteiger partial charge in [0, 0.05) is 19.2 Å². The molecule has 0 saturated heterocycles. The van der Waals surface area contributed by atoms with Gasteiger partial charge in [-0.2, -0.15) is 4.31 Å². The molecule has 1 aromatic rings. The summed E-state index contributed by atoms with van der Waals surface area (Å²) < 4.78 is 26.6. The maximum absolute atomic E-state index is 12.7. The molecule has 1 fully saturated rings. The summed E-state index contributed by atoms with van der Waals surface area (Å²) in [6.45, 7) is 2.16. The predicted molar refractivity (Wildman–Crippen MR) is 79.5 cm³/mol. The Balaban J connectivity index is 2.32. The molecule has 1 aliphatic rings. The van der Waals surface area contributed by atoms with Crippen molar-refractivity contribution in [3.8, 4) is 0 Å². The predicted octanol–water partition coefficient (Wildman–Crippen LogP) is 2.79. The Kier molecular flexibility index (Phi) is 4.63. The van der Waals surface area contributed by atoms with Crippen LogP contribution in [0, 0.1) is 16.0 Å². The van der Waals surface area contributed by atoms with Crippen LogP contribution in [-0.2, 0) is 10.0 Å². The average molecular weight is 312 g/mol. The molecule has 0 heterocycles. The van der Waals surface area contributed by atoms with Crippen LogP contribution in [-0.4, -0.2) is 30.7 Å². The fraction of sp³-hybridized carbons (Fsp3) is 0.571. The molecule has 1 saturated carbocycles. The summed E-state index contributed by atoms with van der Waals surface area (Å²) >= 11 is 0. The molecule has 2 rings (SSSR count). The molecule has 0 radical (unpaired) electrons. The van der Waals surface area contributed by atoms with E-state index in [4.69, 9.17) is 0 Å². The van der Waals surface area contributed by atoms with Crippen molar-refractivity contribution in [2.45, 2.75) is 43.5 Å². The molecule has 0 amide bonds.